The number of aliphatic hydroxyl groups excluding tert-OH is 1. The molecule has 0 aliphatic rings. The van der Waals surface area contributed by atoms with Gasteiger partial charge >= 0.3 is 0 Å². The Bertz CT molecular complexity index is 141. The molecule has 0 saturated heterocycles. The lowest BCUT2D eigenvalue weighted by molar-refractivity contribution is 0.329. The maximum Gasteiger partial charge on any atom is 0.0867 e. The van der Waals surface area contributed by atoms with E-state index in [0.29, 0.717) is 5.70 Å². The minimum atomic E-state index is -0.0128. The molecule has 0 aromatic carbocycles. The summed E-state index contributed by atoms with van der Waals surface area (Å²) in [5.41, 5.74) is 0.668. The molecule has 64 valence electrons. The summed E-state index contributed by atoms with van der Waals surface area (Å²) in [6, 6.07) is 0. The van der Waals surface area contributed by atoms with E-state index in [2.05, 4.69) is 17.2 Å². The molecule has 0 unspecified atom stereocenters. The van der Waals surface area contributed by atoms with Crippen molar-refractivity contribution in [3.8, 4) is 0 Å². The molecule has 3 heteroatoms. The molecule has 11 heavy (non-hydrogen) atoms. The summed E-state index contributed by atoms with van der Waals surface area (Å²) in [6.45, 7) is 2.08. The maximum absolute atomic E-state index is 8.73. The topological polar surface area (TPSA) is 44.6 Å². The molecule has 0 aliphatic heterocycles. The Balaban J connectivity index is 3.76. The van der Waals surface area contributed by atoms with Gasteiger partial charge in [-0.05, 0) is 6.42 Å². The van der Waals surface area contributed by atoms with E-state index in [4.69, 9.17) is 5.11 Å². The van der Waals surface area contributed by atoms with E-state index < -0.39 is 0 Å². The van der Waals surface area contributed by atoms with Gasteiger partial charge in [0.1, 0.15) is 0 Å². The average Bonchev–Trinajstić information content (AvgIpc) is 2.03. The molecular weight excluding hydrogens is 140 g/mol. The Hall–Kier alpha value is -0.830. The normalized spacial score (nSPS) is 12.5. The predicted molar refractivity (Wildman–Crippen MR) is 47.6 cm³/mol. The first-order valence-electron chi connectivity index (χ1n) is 3.84. The molecule has 2 N–H and O–H groups in total. The molecule has 0 heterocycles. The summed E-state index contributed by atoms with van der Waals surface area (Å²) in [6.07, 6.45) is 5.55. The lowest BCUT2D eigenvalue weighted by Crippen LogP contribution is -1.98. The molecule has 0 radical (unpaired) electrons. The summed E-state index contributed by atoms with van der Waals surface area (Å²) in [7, 11) is 1.78. The van der Waals surface area contributed by atoms with E-state index in [1.807, 2.05) is 6.21 Å². The summed E-state index contributed by atoms with van der Waals surface area (Å²) >= 11 is 0. The second kappa shape index (κ2) is 7.28. The van der Waals surface area contributed by atoms with Crippen LogP contribution in [0, 0.1) is 0 Å². The van der Waals surface area contributed by atoms with Crippen LogP contribution in [0.15, 0.2) is 16.9 Å². The van der Waals surface area contributed by atoms with E-state index >= 15 is 0 Å². The summed E-state index contributed by atoms with van der Waals surface area (Å²) in [5, 5.41) is 11.5. The zero-order valence-electron chi connectivity index (χ0n) is 7.17. The Morgan fingerprint density at radius 2 is 2.36 bits per heavy atom. The molecule has 3 nitrogen and oxygen atoms in total. The number of nitrogens with zero attached hydrogens (tertiary/aromatic N) is 1. The van der Waals surface area contributed by atoms with Crippen LogP contribution in [0.2, 0.25) is 0 Å². The highest BCUT2D eigenvalue weighted by Gasteiger charge is 1.86. The second-order valence-electron chi connectivity index (χ2n) is 2.18. The molecule has 0 spiro atoms. The smallest absolute Gasteiger partial charge is 0.0867 e. The van der Waals surface area contributed by atoms with Gasteiger partial charge in [0, 0.05) is 19.5 Å². The van der Waals surface area contributed by atoms with E-state index in [1.54, 1.807) is 13.2 Å². The van der Waals surface area contributed by atoms with Crippen LogP contribution in [-0.2, 0) is 0 Å². The molecule has 0 rings (SSSR count). The number of hydrogen-bond acceptors (Lipinski definition) is 3. The largest absolute Gasteiger partial charge is 0.392 e. The summed E-state index contributed by atoms with van der Waals surface area (Å²) in [4.78, 5) is 4.05. The average molecular weight is 156 g/mol. The number of aliphatic hydroxyl groups is 1. The predicted octanol–water partition coefficient (Wildman–Crippen LogP) is 0.910. The fraction of sp³-hybridized carbons (Fsp3) is 0.625. The van der Waals surface area contributed by atoms with Crippen molar-refractivity contribution in [1.29, 1.82) is 0 Å². The molecule has 0 amide bonds. The van der Waals surface area contributed by atoms with Crippen LogP contribution in [0.5, 0.6) is 0 Å². The first kappa shape index (κ1) is 10.2. The highest BCUT2D eigenvalue weighted by atomic mass is 16.3. The first-order valence-corrected chi connectivity index (χ1v) is 3.84. The van der Waals surface area contributed by atoms with Crippen LogP contribution >= 0.6 is 0 Å². The SMILES string of the molecule is CCC/C=N\C(=C/NC)CO. The van der Waals surface area contributed by atoms with E-state index in [1.165, 1.54) is 0 Å². The van der Waals surface area contributed by atoms with Gasteiger partial charge in [-0.1, -0.05) is 13.3 Å². The monoisotopic (exact) mass is 156 g/mol. The minimum absolute atomic E-state index is 0.0128. The molecule has 0 atom stereocenters. The Labute approximate surface area is 67.8 Å². The zero-order chi connectivity index (χ0) is 8.53. The zero-order valence-corrected chi connectivity index (χ0v) is 7.17. The lowest BCUT2D eigenvalue weighted by atomic mass is 10.4. The fourth-order valence-electron chi connectivity index (χ4n) is 0.601. The third-order valence-electron chi connectivity index (χ3n) is 1.15. The van der Waals surface area contributed by atoms with Crippen molar-refractivity contribution in [2.45, 2.75) is 19.8 Å². The summed E-state index contributed by atoms with van der Waals surface area (Å²) in [5.74, 6) is 0. The third-order valence-corrected chi connectivity index (χ3v) is 1.15. The highest BCUT2D eigenvalue weighted by Crippen LogP contribution is 1.92. The molecule has 0 fully saturated rings. The fourth-order valence-corrected chi connectivity index (χ4v) is 0.601. The third kappa shape index (κ3) is 5.61. The molecule has 0 aromatic rings. The van der Waals surface area contributed by atoms with Gasteiger partial charge < -0.3 is 10.4 Å². The van der Waals surface area contributed by atoms with E-state index in [-0.39, 0.29) is 6.61 Å². The lowest BCUT2D eigenvalue weighted by Gasteiger charge is -1.94. The van der Waals surface area contributed by atoms with Crippen molar-refractivity contribution in [3.05, 3.63) is 11.9 Å². The van der Waals surface area contributed by atoms with Crippen LogP contribution in [0.1, 0.15) is 19.8 Å². The van der Waals surface area contributed by atoms with Crippen LogP contribution < -0.4 is 5.32 Å². The number of hydrogen-bond donors (Lipinski definition) is 2. The Morgan fingerprint density at radius 1 is 1.64 bits per heavy atom. The van der Waals surface area contributed by atoms with E-state index in [9.17, 15) is 0 Å². The molecule has 0 bridgehead atoms. The maximum atomic E-state index is 8.73. The van der Waals surface area contributed by atoms with Crippen molar-refractivity contribution in [1.82, 2.24) is 5.32 Å². The van der Waals surface area contributed by atoms with Gasteiger partial charge in [-0.3, -0.25) is 4.99 Å². The Morgan fingerprint density at radius 3 is 2.82 bits per heavy atom. The van der Waals surface area contributed by atoms with Gasteiger partial charge in [0.15, 0.2) is 0 Å². The van der Waals surface area contributed by atoms with Crippen molar-refractivity contribution in [3.63, 3.8) is 0 Å². The van der Waals surface area contributed by atoms with Crippen LogP contribution in [0.3, 0.4) is 0 Å². The number of aliphatic imine (C=N–C) groups is 1. The minimum Gasteiger partial charge on any atom is -0.392 e. The molecule has 0 aliphatic carbocycles. The van der Waals surface area contributed by atoms with Gasteiger partial charge in [0.2, 0.25) is 0 Å². The quantitative estimate of drug-likeness (QED) is 0.581. The second-order valence-corrected chi connectivity index (χ2v) is 2.18. The van der Waals surface area contributed by atoms with Crippen LogP contribution in [0.4, 0.5) is 0 Å². The van der Waals surface area contributed by atoms with Gasteiger partial charge in [-0.25, -0.2) is 0 Å². The van der Waals surface area contributed by atoms with Gasteiger partial charge in [-0.2, -0.15) is 0 Å². The number of rotatable bonds is 5. The van der Waals surface area contributed by atoms with Crippen LogP contribution in [-0.4, -0.2) is 25.0 Å². The van der Waals surface area contributed by atoms with Gasteiger partial charge in [-0.15, -0.1) is 0 Å². The van der Waals surface area contributed by atoms with E-state index in [0.717, 1.165) is 12.8 Å². The number of unbranched alkanes of at least 4 members (excludes halogenated alkanes) is 1. The summed E-state index contributed by atoms with van der Waals surface area (Å²) < 4.78 is 0. The van der Waals surface area contributed by atoms with Gasteiger partial charge in [0.05, 0.1) is 12.3 Å². The molecular formula is C8H16N2O. The molecule has 0 aromatic heterocycles. The van der Waals surface area contributed by atoms with Crippen molar-refractivity contribution >= 4 is 6.21 Å². The number of nitrogens with one attached hydrogen (secondary N) is 1. The van der Waals surface area contributed by atoms with Crippen LogP contribution in [0.25, 0.3) is 0 Å². The van der Waals surface area contributed by atoms with Crippen molar-refractivity contribution in [2.24, 2.45) is 4.99 Å². The van der Waals surface area contributed by atoms with Crippen molar-refractivity contribution in [2.75, 3.05) is 13.7 Å². The molecule has 0 saturated carbocycles. The van der Waals surface area contributed by atoms with Crippen molar-refractivity contribution < 1.29 is 5.11 Å². The highest BCUT2D eigenvalue weighted by molar-refractivity contribution is 5.58. The van der Waals surface area contributed by atoms with Gasteiger partial charge in [0.25, 0.3) is 0 Å². The first-order chi connectivity index (χ1) is 5.35. The standard InChI is InChI=1S/C8H16N2O/c1-3-4-5-10-8(7-11)6-9-2/h5-6,9,11H,3-4,7H2,1-2H3/b8-6-,10-5-. The Kier molecular flexibility index (Phi) is 6.73.